The second-order valence-corrected chi connectivity index (χ2v) is 12.4. The number of sulfonamides is 1. The van der Waals surface area contributed by atoms with Crippen molar-refractivity contribution >= 4 is 39.2 Å². The summed E-state index contributed by atoms with van der Waals surface area (Å²) in [5.74, 6) is -1.31. The first-order valence-corrected chi connectivity index (χ1v) is 12.6. The smallest absolute Gasteiger partial charge is 0.304 e. The quantitative estimate of drug-likeness (QED) is 0.592. The van der Waals surface area contributed by atoms with Gasteiger partial charge in [-0.05, 0) is 68.9 Å². The van der Waals surface area contributed by atoms with Gasteiger partial charge in [-0.3, -0.25) is 4.79 Å². The fourth-order valence-electron chi connectivity index (χ4n) is 4.98. The number of nitrogens with zero attached hydrogens (tertiary/aromatic N) is 1. The summed E-state index contributed by atoms with van der Waals surface area (Å²) in [6.07, 6.45) is 4.15. The molecular formula is C23H29Cl2NO4S. The Balaban J connectivity index is 2.26. The van der Waals surface area contributed by atoms with Gasteiger partial charge in [0.15, 0.2) is 0 Å². The van der Waals surface area contributed by atoms with Crippen molar-refractivity contribution in [2.75, 3.05) is 0 Å². The summed E-state index contributed by atoms with van der Waals surface area (Å²) in [6, 6.07) is 6.63. The molecule has 1 aromatic rings. The van der Waals surface area contributed by atoms with Crippen LogP contribution in [0, 0.1) is 5.92 Å². The molecule has 170 valence electrons. The van der Waals surface area contributed by atoms with E-state index in [2.05, 4.69) is 0 Å². The van der Waals surface area contributed by atoms with E-state index in [1.165, 1.54) is 4.31 Å². The molecule has 0 saturated carbocycles. The normalized spacial score (nSPS) is 31.3. The Bertz CT molecular complexity index is 1030. The van der Waals surface area contributed by atoms with Crippen LogP contribution in [0.2, 0.25) is 5.02 Å². The third-order valence-electron chi connectivity index (χ3n) is 6.39. The van der Waals surface area contributed by atoms with Crippen LogP contribution in [0.3, 0.4) is 0 Å². The first kappa shape index (κ1) is 24.3. The monoisotopic (exact) mass is 485 g/mol. The summed E-state index contributed by atoms with van der Waals surface area (Å²) in [6.45, 7) is 7.27. The number of rotatable bonds is 5. The number of carbonyl (C=O) groups is 1. The maximum absolute atomic E-state index is 13.8. The van der Waals surface area contributed by atoms with Gasteiger partial charge in [0, 0.05) is 22.0 Å². The first-order valence-electron chi connectivity index (χ1n) is 10.4. The van der Waals surface area contributed by atoms with Gasteiger partial charge in [0.2, 0.25) is 10.0 Å². The molecule has 5 nitrogen and oxygen atoms in total. The fourth-order valence-corrected chi connectivity index (χ4v) is 7.80. The van der Waals surface area contributed by atoms with Crippen molar-refractivity contribution in [3.8, 4) is 0 Å². The molecule has 0 bridgehead atoms. The number of hydrogen-bond donors (Lipinski definition) is 1. The van der Waals surface area contributed by atoms with Crippen LogP contribution in [0.5, 0.6) is 0 Å². The highest BCUT2D eigenvalue weighted by molar-refractivity contribution is 7.90. The Morgan fingerprint density at radius 1 is 1.29 bits per heavy atom. The minimum absolute atomic E-state index is 0.0597. The SMILES string of the molecule is CC1CC(Cl)=CC=C1[C@@H]1[C@@H](c2cccc(Cl)c2)C[C@@](C)(CC(=O)O)S(=O)(=O)N1C(C)C. The van der Waals surface area contributed by atoms with Crippen molar-refractivity contribution < 1.29 is 18.3 Å². The number of aliphatic carboxylic acids is 1. The van der Waals surface area contributed by atoms with E-state index >= 15 is 0 Å². The molecule has 4 atom stereocenters. The van der Waals surface area contributed by atoms with E-state index in [1.54, 1.807) is 13.0 Å². The molecule has 0 radical (unpaired) electrons. The van der Waals surface area contributed by atoms with Gasteiger partial charge in [-0.2, -0.15) is 4.31 Å². The predicted octanol–water partition coefficient (Wildman–Crippen LogP) is 5.56. The van der Waals surface area contributed by atoms with Crippen molar-refractivity contribution in [3.05, 3.63) is 57.6 Å². The molecule has 1 fully saturated rings. The first-order chi connectivity index (χ1) is 14.4. The number of benzene rings is 1. The van der Waals surface area contributed by atoms with E-state index in [0.717, 1.165) is 16.2 Å². The third-order valence-corrected chi connectivity index (χ3v) is 9.66. The standard InChI is InChI=1S/C23H29Cl2NO4S/c1-14(2)26-22(19-9-8-18(25)10-15(19)3)20(16-6-5-7-17(24)11-16)12-23(4,13-21(27)28)31(26,29)30/h5-9,11,14-15,20,22H,10,12-13H2,1-4H3,(H,27,28)/t15?,20-,22-,23+/m1/s1. The van der Waals surface area contributed by atoms with Crippen molar-refractivity contribution in [2.24, 2.45) is 5.92 Å². The van der Waals surface area contributed by atoms with Crippen LogP contribution in [-0.4, -0.2) is 40.6 Å². The molecule has 2 aliphatic rings. The molecule has 1 aromatic carbocycles. The lowest BCUT2D eigenvalue weighted by molar-refractivity contribution is -0.137. The van der Waals surface area contributed by atoms with Crippen molar-refractivity contribution in [1.29, 1.82) is 0 Å². The summed E-state index contributed by atoms with van der Waals surface area (Å²) in [5, 5.41) is 10.8. The van der Waals surface area contributed by atoms with Gasteiger partial charge in [0.05, 0.1) is 17.2 Å². The third kappa shape index (κ3) is 4.58. The van der Waals surface area contributed by atoms with Gasteiger partial charge in [-0.25, -0.2) is 8.42 Å². The van der Waals surface area contributed by atoms with E-state index in [0.29, 0.717) is 11.4 Å². The number of carboxylic acids is 1. The zero-order valence-corrected chi connectivity index (χ0v) is 20.5. The summed E-state index contributed by atoms with van der Waals surface area (Å²) in [5.41, 5.74) is 1.90. The molecule has 0 spiro atoms. The number of halogens is 2. The molecule has 3 rings (SSSR count). The molecule has 31 heavy (non-hydrogen) atoms. The van der Waals surface area contributed by atoms with E-state index in [4.69, 9.17) is 23.2 Å². The van der Waals surface area contributed by atoms with Crippen LogP contribution in [0.1, 0.15) is 58.4 Å². The van der Waals surface area contributed by atoms with Gasteiger partial charge in [0.1, 0.15) is 0 Å². The zero-order chi connectivity index (χ0) is 23.1. The van der Waals surface area contributed by atoms with Crippen molar-refractivity contribution in [1.82, 2.24) is 4.31 Å². The van der Waals surface area contributed by atoms with Crippen LogP contribution in [0.15, 0.2) is 47.0 Å². The van der Waals surface area contributed by atoms with Crippen molar-refractivity contribution in [2.45, 2.75) is 69.7 Å². The largest absolute Gasteiger partial charge is 0.481 e. The van der Waals surface area contributed by atoms with Crippen LogP contribution < -0.4 is 0 Å². The maximum Gasteiger partial charge on any atom is 0.304 e. The molecular weight excluding hydrogens is 457 g/mol. The van der Waals surface area contributed by atoms with Gasteiger partial charge in [0.25, 0.3) is 0 Å². The molecule has 1 saturated heterocycles. The average molecular weight is 486 g/mol. The molecule has 1 N–H and O–H groups in total. The van der Waals surface area contributed by atoms with Crippen LogP contribution >= 0.6 is 23.2 Å². The summed E-state index contributed by atoms with van der Waals surface area (Å²) >= 11 is 12.5. The van der Waals surface area contributed by atoms with Gasteiger partial charge in [-0.1, -0.05) is 48.3 Å². The Kier molecular flexibility index (Phi) is 6.97. The minimum atomic E-state index is -3.92. The Morgan fingerprint density at radius 3 is 2.52 bits per heavy atom. The lowest BCUT2D eigenvalue weighted by Crippen LogP contribution is -2.61. The molecule has 8 heteroatoms. The predicted molar refractivity (Wildman–Crippen MR) is 125 cm³/mol. The Labute approximate surface area is 194 Å². The molecule has 0 amide bonds. The molecule has 1 aliphatic heterocycles. The van der Waals surface area contributed by atoms with Crippen LogP contribution in [0.4, 0.5) is 0 Å². The van der Waals surface area contributed by atoms with E-state index < -0.39 is 33.2 Å². The maximum atomic E-state index is 13.8. The van der Waals surface area contributed by atoms with Crippen LogP contribution in [-0.2, 0) is 14.8 Å². The average Bonchev–Trinajstić information content (AvgIpc) is 2.63. The highest BCUT2D eigenvalue weighted by Crippen LogP contribution is 2.50. The second kappa shape index (κ2) is 8.89. The Hall–Kier alpha value is -1.34. The molecule has 1 heterocycles. The summed E-state index contributed by atoms with van der Waals surface area (Å²) in [7, 11) is -3.92. The highest BCUT2D eigenvalue weighted by Gasteiger charge is 2.56. The topological polar surface area (TPSA) is 74.7 Å². The van der Waals surface area contributed by atoms with Crippen LogP contribution in [0.25, 0.3) is 0 Å². The Morgan fingerprint density at radius 2 is 1.97 bits per heavy atom. The van der Waals surface area contributed by atoms with Gasteiger partial charge >= 0.3 is 5.97 Å². The highest BCUT2D eigenvalue weighted by atomic mass is 35.5. The van der Waals surface area contributed by atoms with E-state index in [1.807, 2.05) is 51.1 Å². The molecule has 0 aromatic heterocycles. The minimum Gasteiger partial charge on any atom is -0.481 e. The lowest BCUT2D eigenvalue weighted by Gasteiger charge is -2.51. The summed E-state index contributed by atoms with van der Waals surface area (Å²) < 4.78 is 27.8. The molecule has 1 aliphatic carbocycles. The fraction of sp³-hybridized carbons (Fsp3) is 0.522. The number of allylic oxidation sites excluding steroid dienone is 3. The second-order valence-electron chi connectivity index (χ2n) is 9.14. The van der Waals surface area contributed by atoms with Gasteiger partial charge in [-0.15, -0.1) is 0 Å². The van der Waals surface area contributed by atoms with E-state index in [9.17, 15) is 18.3 Å². The number of carboxylic acid groups (broad SMARTS) is 1. The number of hydrogen-bond acceptors (Lipinski definition) is 3. The van der Waals surface area contributed by atoms with E-state index in [-0.39, 0.29) is 24.3 Å². The lowest BCUT2D eigenvalue weighted by atomic mass is 9.75. The zero-order valence-electron chi connectivity index (χ0n) is 18.2. The summed E-state index contributed by atoms with van der Waals surface area (Å²) in [4.78, 5) is 11.7. The molecule has 1 unspecified atom stereocenters. The van der Waals surface area contributed by atoms with Crippen molar-refractivity contribution in [3.63, 3.8) is 0 Å². The van der Waals surface area contributed by atoms with Gasteiger partial charge < -0.3 is 5.11 Å².